The van der Waals surface area contributed by atoms with E-state index in [-0.39, 0.29) is 24.8 Å². The Balaban J connectivity index is 1.28. The van der Waals surface area contributed by atoms with Crippen LogP contribution in [-0.4, -0.2) is 33.4 Å². The van der Waals surface area contributed by atoms with Crippen LogP contribution >= 0.6 is 0 Å². The number of para-hydroxylation sites is 1. The maximum atomic E-state index is 12.5. The summed E-state index contributed by atoms with van der Waals surface area (Å²) >= 11 is 0. The van der Waals surface area contributed by atoms with E-state index in [1.807, 2.05) is 54.6 Å². The van der Waals surface area contributed by atoms with E-state index in [4.69, 9.17) is 9.26 Å². The third kappa shape index (κ3) is 3.76. The van der Waals surface area contributed by atoms with Gasteiger partial charge in [0.15, 0.2) is 0 Å². The minimum absolute atomic E-state index is 0.167. The quantitative estimate of drug-likeness (QED) is 0.414. The molecule has 2 heterocycles. The molecule has 5 rings (SSSR count). The molecule has 1 aliphatic heterocycles. The normalized spacial score (nSPS) is 12.8. The van der Waals surface area contributed by atoms with E-state index in [9.17, 15) is 9.59 Å². The smallest absolute Gasteiger partial charge is 0.261 e. The monoisotopic (exact) mass is 425 g/mol. The zero-order chi connectivity index (χ0) is 21.9. The Hall–Kier alpha value is -4.26. The molecule has 2 amide bonds. The summed E-state index contributed by atoms with van der Waals surface area (Å²) in [6.07, 6.45) is 0.269. The molecular weight excluding hydrogens is 406 g/mol. The zero-order valence-electron chi connectivity index (χ0n) is 17.1. The van der Waals surface area contributed by atoms with E-state index in [0.717, 1.165) is 5.56 Å². The summed E-state index contributed by atoms with van der Waals surface area (Å²) in [4.78, 5) is 30.7. The first kappa shape index (κ1) is 19.7. The van der Waals surface area contributed by atoms with Crippen LogP contribution in [-0.2, 0) is 13.0 Å². The molecule has 0 spiro atoms. The molecule has 1 aliphatic rings. The highest BCUT2D eigenvalue weighted by molar-refractivity contribution is 6.21. The van der Waals surface area contributed by atoms with Crippen LogP contribution in [0.25, 0.3) is 11.4 Å². The van der Waals surface area contributed by atoms with E-state index in [1.165, 1.54) is 4.90 Å². The highest BCUT2D eigenvalue weighted by atomic mass is 16.5. The standard InChI is InChI=1S/C25H19N3O4/c29-24-18-10-4-5-11-19(18)25(30)28(24)15-14-22-26-23(27-32-22)20-12-6-7-13-21(20)31-16-17-8-2-1-3-9-17/h1-13H,14-16H2. The number of imide groups is 1. The number of hydrogen-bond acceptors (Lipinski definition) is 6. The van der Waals surface area contributed by atoms with Gasteiger partial charge in [-0.3, -0.25) is 14.5 Å². The molecule has 0 atom stereocenters. The number of hydrogen-bond donors (Lipinski definition) is 0. The fourth-order valence-electron chi connectivity index (χ4n) is 3.63. The van der Waals surface area contributed by atoms with Crippen LogP contribution in [0.2, 0.25) is 0 Å². The number of aromatic nitrogens is 2. The Morgan fingerprint density at radius 2 is 1.41 bits per heavy atom. The maximum Gasteiger partial charge on any atom is 0.261 e. The second-order valence-corrected chi connectivity index (χ2v) is 7.34. The predicted octanol–water partition coefficient (Wildman–Crippen LogP) is 4.15. The first-order valence-corrected chi connectivity index (χ1v) is 10.2. The van der Waals surface area contributed by atoms with E-state index < -0.39 is 0 Å². The Labute approximate surface area is 184 Å². The van der Waals surface area contributed by atoms with Crippen LogP contribution < -0.4 is 4.74 Å². The molecule has 0 radical (unpaired) electrons. The zero-order valence-corrected chi connectivity index (χ0v) is 17.1. The Morgan fingerprint density at radius 3 is 2.12 bits per heavy atom. The largest absolute Gasteiger partial charge is 0.488 e. The molecule has 0 N–H and O–H groups in total. The van der Waals surface area contributed by atoms with E-state index in [0.29, 0.717) is 40.8 Å². The van der Waals surface area contributed by atoms with Crippen molar-refractivity contribution in [3.05, 3.63) is 101 Å². The molecule has 0 fully saturated rings. The van der Waals surface area contributed by atoms with Gasteiger partial charge in [0.25, 0.3) is 11.8 Å². The Bertz CT molecular complexity index is 1250. The summed E-state index contributed by atoms with van der Waals surface area (Å²) in [6, 6.07) is 24.2. The molecule has 7 nitrogen and oxygen atoms in total. The van der Waals surface area contributed by atoms with Crippen molar-refractivity contribution in [2.75, 3.05) is 6.54 Å². The number of carbonyl (C=O) groups is 2. The summed E-state index contributed by atoms with van der Waals surface area (Å²) < 4.78 is 11.4. The van der Waals surface area contributed by atoms with Gasteiger partial charge in [-0.15, -0.1) is 0 Å². The van der Waals surface area contributed by atoms with Crippen molar-refractivity contribution >= 4 is 11.8 Å². The lowest BCUT2D eigenvalue weighted by atomic mass is 10.1. The second-order valence-electron chi connectivity index (χ2n) is 7.34. The Morgan fingerprint density at radius 1 is 0.781 bits per heavy atom. The van der Waals surface area contributed by atoms with Crippen molar-refractivity contribution in [2.45, 2.75) is 13.0 Å². The van der Waals surface area contributed by atoms with Crippen molar-refractivity contribution in [2.24, 2.45) is 0 Å². The van der Waals surface area contributed by atoms with Crippen molar-refractivity contribution in [1.29, 1.82) is 0 Å². The average Bonchev–Trinajstić information content (AvgIpc) is 3.40. The first-order valence-electron chi connectivity index (χ1n) is 10.2. The third-order valence-corrected chi connectivity index (χ3v) is 5.26. The number of ether oxygens (including phenoxy) is 1. The topological polar surface area (TPSA) is 85.5 Å². The molecule has 0 unspecified atom stereocenters. The summed E-state index contributed by atoms with van der Waals surface area (Å²) in [5, 5.41) is 4.07. The number of carbonyl (C=O) groups excluding carboxylic acids is 2. The third-order valence-electron chi connectivity index (χ3n) is 5.26. The number of rotatable bonds is 7. The van der Waals surface area contributed by atoms with Crippen LogP contribution in [0.1, 0.15) is 32.2 Å². The summed E-state index contributed by atoms with van der Waals surface area (Å²) in [5.41, 5.74) is 2.61. The van der Waals surface area contributed by atoms with Crippen molar-refractivity contribution in [3.8, 4) is 17.1 Å². The van der Waals surface area contributed by atoms with Gasteiger partial charge in [0.2, 0.25) is 11.7 Å². The van der Waals surface area contributed by atoms with Gasteiger partial charge in [0.1, 0.15) is 12.4 Å². The number of fused-ring (bicyclic) bond motifs is 1. The molecule has 0 saturated carbocycles. The SMILES string of the molecule is O=C1c2ccccc2C(=O)N1CCc1nc(-c2ccccc2OCc2ccccc2)no1. The van der Waals surface area contributed by atoms with Crippen LogP contribution in [0, 0.1) is 0 Å². The molecule has 0 bridgehead atoms. The number of nitrogens with zero attached hydrogens (tertiary/aromatic N) is 3. The van der Waals surface area contributed by atoms with Gasteiger partial charge in [-0.2, -0.15) is 4.98 Å². The lowest BCUT2D eigenvalue weighted by Crippen LogP contribution is -2.31. The van der Waals surface area contributed by atoms with Crippen LogP contribution in [0.4, 0.5) is 0 Å². The summed E-state index contributed by atoms with van der Waals surface area (Å²) in [6.45, 7) is 0.586. The summed E-state index contributed by atoms with van der Waals surface area (Å²) in [5.74, 6) is 0.777. The van der Waals surface area contributed by atoms with Gasteiger partial charge in [0, 0.05) is 13.0 Å². The van der Waals surface area contributed by atoms with Gasteiger partial charge in [-0.05, 0) is 29.8 Å². The van der Waals surface area contributed by atoms with E-state index in [1.54, 1.807) is 24.3 Å². The van der Waals surface area contributed by atoms with Gasteiger partial charge in [0.05, 0.1) is 16.7 Å². The van der Waals surface area contributed by atoms with E-state index >= 15 is 0 Å². The van der Waals surface area contributed by atoms with Crippen molar-refractivity contribution in [1.82, 2.24) is 15.0 Å². The molecule has 0 saturated heterocycles. The molecule has 1 aromatic heterocycles. The minimum atomic E-state index is -0.301. The number of benzene rings is 3. The molecule has 32 heavy (non-hydrogen) atoms. The molecule has 4 aromatic rings. The second kappa shape index (κ2) is 8.47. The molecule has 7 heteroatoms. The molecule has 158 valence electrons. The molecule has 0 aliphatic carbocycles. The number of amides is 2. The molecular formula is C25H19N3O4. The van der Waals surface area contributed by atoms with Gasteiger partial charge in [-0.25, -0.2) is 0 Å². The summed E-state index contributed by atoms with van der Waals surface area (Å²) in [7, 11) is 0. The highest BCUT2D eigenvalue weighted by Gasteiger charge is 2.35. The fraction of sp³-hybridized carbons (Fsp3) is 0.120. The maximum absolute atomic E-state index is 12.5. The lowest BCUT2D eigenvalue weighted by molar-refractivity contribution is 0.0653. The average molecular weight is 425 g/mol. The molecule has 3 aromatic carbocycles. The van der Waals surface area contributed by atoms with Gasteiger partial charge < -0.3 is 9.26 Å². The van der Waals surface area contributed by atoms with Gasteiger partial charge >= 0.3 is 0 Å². The van der Waals surface area contributed by atoms with Crippen LogP contribution in [0.5, 0.6) is 5.75 Å². The van der Waals surface area contributed by atoms with Crippen LogP contribution in [0.3, 0.4) is 0 Å². The van der Waals surface area contributed by atoms with Gasteiger partial charge in [-0.1, -0.05) is 59.8 Å². The first-order chi connectivity index (χ1) is 15.7. The van der Waals surface area contributed by atoms with E-state index in [2.05, 4.69) is 10.1 Å². The van der Waals surface area contributed by atoms with Crippen molar-refractivity contribution in [3.63, 3.8) is 0 Å². The highest BCUT2D eigenvalue weighted by Crippen LogP contribution is 2.29. The van der Waals surface area contributed by atoms with Crippen molar-refractivity contribution < 1.29 is 18.8 Å². The minimum Gasteiger partial charge on any atom is -0.488 e. The van der Waals surface area contributed by atoms with Crippen LogP contribution in [0.15, 0.2) is 83.4 Å². The fourth-order valence-corrected chi connectivity index (χ4v) is 3.63. The Kier molecular flexibility index (Phi) is 5.21. The predicted molar refractivity (Wildman–Crippen MR) is 116 cm³/mol. The lowest BCUT2D eigenvalue weighted by Gasteiger charge is -2.11.